The van der Waals surface area contributed by atoms with E-state index < -0.39 is 17.8 Å². The van der Waals surface area contributed by atoms with Gasteiger partial charge in [-0.1, -0.05) is 13.8 Å². The minimum Gasteiger partial charge on any atom is -0.481 e. The first-order valence-corrected chi connectivity index (χ1v) is 7.07. The fourth-order valence-corrected chi connectivity index (χ4v) is 2.35. The number of amides is 1. The van der Waals surface area contributed by atoms with E-state index in [1.807, 2.05) is 0 Å². The van der Waals surface area contributed by atoms with Crippen LogP contribution >= 0.6 is 0 Å². The molecule has 1 aliphatic heterocycles. The van der Waals surface area contributed by atoms with Gasteiger partial charge in [-0.05, 0) is 32.7 Å². The second-order valence-electron chi connectivity index (χ2n) is 5.90. The van der Waals surface area contributed by atoms with Crippen LogP contribution in [0.5, 0.6) is 0 Å². The van der Waals surface area contributed by atoms with Crippen LogP contribution in [-0.2, 0) is 9.59 Å². The molecule has 3 atom stereocenters. The number of hydrogen-bond acceptors (Lipinski definition) is 3. The van der Waals surface area contributed by atoms with Crippen LogP contribution < -0.4 is 5.32 Å². The van der Waals surface area contributed by atoms with Crippen LogP contribution in [0.3, 0.4) is 0 Å². The number of carbonyl (C=O) groups is 2. The third-order valence-corrected chi connectivity index (χ3v) is 4.17. The van der Waals surface area contributed by atoms with E-state index in [0.717, 1.165) is 19.5 Å². The van der Waals surface area contributed by atoms with E-state index in [-0.39, 0.29) is 5.91 Å². The van der Waals surface area contributed by atoms with Crippen molar-refractivity contribution in [2.45, 2.75) is 40.2 Å². The van der Waals surface area contributed by atoms with Crippen LogP contribution in [0, 0.1) is 17.8 Å². The van der Waals surface area contributed by atoms with Crippen molar-refractivity contribution in [1.29, 1.82) is 0 Å². The Bertz CT molecular complexity index is 331. The van der Waals surface area contributed by atoms with E-state index in [0.29, 0.717) is 18.5 Å². The average Bonchev–Trinajstić information content (AvgIpc) is 2.82. The lowest BCUT2D eigenvalue weighted by Gasteiger charge is -2.21. The van der Waals surface area contributed by atoms with Crippen LogP contribution in [0.25, 0.3) is 0 Å². The van der Waals surface area contributed by atoms with E-state index in [1.165, 1.54) is 0 Å². The highest BCUT2D eigenvalue weighted by atomic mass is 16.4. The highest BCUT2D eigenvalue weighted by molar-refractivity contribution is 5.84. The maximum Gasteiger partial charge on any atom is 0.307 e. The third-order valence-electron chi connectivity index (χ3n) is 4.17. The van der Waals surface area contributed by atoms with Crippen molar-refractivity contribution in [3.8, 4) is 0 Å². The summed E-state index contributed by atoms with van der Waals surface area (Å²) in [4.78, 5) is 25.1. The van der Waals surface area contributed by atoms with Crippen LogP contribution in [0.1, 0.15) is 34.1 Å². The second kappa shape index (κ2) is 6.89. The normalized spacial score (nSPS) is 23.3. The zero-order valence-corrected chi connectivity index (χ0v) is 12.3. The van der Waals surface area contributed by atoms with Crippen LogP contribution in [0.15, 0.2) is 0 Å². The van der Waals surface area contributed by atoms with Crippen molar-refractivity contribution in [3.63, 3.8) is 0 Å². The molecule has 2 N–H and O–H groups in total. The van der Waals surface area contributed by atoms with E-state index in [1.54, 1.807) is 13.8 Å². The number of carboxylic acids is 1. The molecule has 3 unspecified atom stereocenters. The van der Waals surface area contributed by atoms with E-state index >= 15 is 0 Å². The summed E-state index contributed by atoms with van der Waals surface area (Å²) in [6.07, 6.45) is 1.10. The monoisotopic (exact) mass is 270 g/mol. The summed E-state index contributed by atoms with van der Waals surface area (Å²) < 4.78 is 0. The largest absolute Gasteiger partial charge is 0.481 e. The molecule has 0 aromatic rings. The lowest BCUT2D eigenvalue weighted by atomic mass is 9.95. The topological polar surface area (TPSA) is 69.6 Å². The molecule has 0 aromatic heterocycles. The molecule has 1 fully saturated rings. The minimum absolute atomic E-state index is 0.155. The van der Waals surface area contributed by atoms with Gasteiger partial charge in [0.15, 0.2) is 0 Å². The maximum atomic E-state index is 11.9. The maximum absolute atomic E-state index is 11.9. The summed E-state index contributed by atoms with van der Waals surface area (Å²) in [5, 5.41) is 11.8. The summed E-state index contributed by atoms with van der Waals surface area (Å²) >= 11 is 0. The molecule has 110 valence electrons. The van der Waals surface area contributed by atoms with Gasteiger partial charge in [0.25, 0.3) is 0 Å². The van der Waals surface area contributed by atoms with E-state index in [4.69, 9.17) is 5.11 Å². The van der Waals surface area contributed by atoms with Gasteiger partial charge < -0.3 is 15.3 Å². The van der Waals surface area contributed by atoms with Gasteiger partial charge in [-0.15, -0.1) is 0 Å². The van der Waals surface area contributed by atoms with Crippen LogP contribution in [-0.4, -0.2) is 47.6 Å². The zero-order chi connectivity index (χ0) is 14.6. The van der Waals surface area contributed by atoms with Gasteiger partial charge in [0.05, 0.1) is 5.92 Å². The quantitative estimate of drug-likeness (QED) is 0.760. The van der Waals surface area contributed by atoms with Crippen molar-refractivity contribution in [2.75, 3.05) is 19.6 Å². The number of carbonyl (C=O) groups excluding carboxylic acids is 1. The highest BCUT2D eigenvalue weighted by Gasteiger charge is 2.28. The van der Waals surface area contributed by atoms with Gasteiger partial charge >= 0.3 is 5.97 Å². The summed E-state index contributed by atoms with van der Waals surface area (Å²) in [7, 11) is 0. The van der Waals surface area contributed by atoms with Crippen LogP contribution in [0.4, 0.5) is 0 Å². The predicted molar refractivity (Wildman–Crippen MR) is 73.8 cm³/mol. The molecule has 1 rings (SSSR count). The average molecular weight is 270 g/mol. The predicted octanol–water partition coefficient (Wildman–Crippen LogP) is 1.19. The number of nitrogens with one attached hydrogen (secondary N) is 1. The molecule has 1 saturated heterocycles. The number of nitrogens with zero attached hydrogens (tertiary/aromatic N) is 1. The summed E-state index contributed by atoms with van der Waals surface area (Å²) in [6.45, 7) is 10.3. The molecular weight excluding hydrogens is 244 g/mol. The lowest BCUT2D eigenvalue weighted by molar-refractivity contribution is -0.146. The molecule has 0 aromatic carbocycles. The van der Waals surface area contributed by atoms with Gasteiger partial charge in [-0.3, -0.25) is 9.59 Å². The smallest absolute Gasteiger partial charge is 0.307 e. The fraction of sp³-hybridized carbons (Fsp3) is 0.857. The van der Waals surface area contributed by atoms with Gasteiger partial charge in [0.2, 0.25) is 5.91 Å². The minimum atomic E-state index is -0.922. The summed E-state index contributed by atoms with van der Waals surface area (Å²) in [5.41, 5.74) is 0. The molecule has 0 radical (unpaired) electrons. The molecule has 1 amide bonds. The molecule has 0 saturated carbocycles. The highest BCUT2D eigenvalue weighted by Crippen LogP contribution is 2.18. The van der Waals surface area contributed by atoms with Gasteiger partial charge in [0, 0.05) is 25.0 Å². The second-order valence-corrected chi connectivity index (χ2v) is 5.90. The number of carboxylic acid groups (broad SMARTS) is 1. The Hall–Kier alpha value is -1.10. The Balaban J connectivity index is 2.33. The van der Waals surface area contributed by atoms with Gasteiger partial charge in [-0.25, -0.2) is 0 Å². The molecule has 0 spiro atoms. The molecule has 5 nitrogen and oxygen atoms in total. The lowest BCUT2D eigenvalue weighted by Crippen LogP contribution is -2.38. The molecule has 5 heteroatoms. The van der Waals surface area contributed by atoms with Crippen molar-refractivity contribution in [1.82, 2.24) is 10.2 Å². The standard InChI is InChI=1S/C14H26N2O3/c1-9(2)16-6-5-12(8-16)7-15-13(17)10(3)11(4)14(18)19/h9-12H,5-8H2,1-4H3,(H,15,17)(H,18,19). The first kappa shape index (κ1) is 16.0. The molecule has 0 bridgehead atoms. The Morgan fingerprint density at radius 1 is 1.26 bits per heavy atom. The molecule has 1 aliphatic rings. The van der Waals surface area contributed by atoms with E-state index in [9.17, 15) is 9.59 Å². The Kier molecular flexibility index (Phi) is 5.79. The zero-order valence-electron chi connectivity index (χ0n) is 12.3. The number of aliphatic carboxylic acids is 1. The first-order valence-electron chi connectivity index (χ1n) is 7.07. The molecule has 1 heterocycles. The first-order chi connectivity index (χ1) is 8.82. The number of hydrogen-bond donors (Lipinski definition) is 2. The van der Waals surface area contributed by atoms with Crippen molar-refractivity contribution in [3.05, 3.63) is 0 Å². The van der Waals surface area contributed by atoms with E-state index in [2.05, 4.69) is 24.1 Å². The van der Waals surface area contributed by atoms with Crippen molar-refractivity contribution >= 4 is 11.9 Å². The molecule has 19 heavy (non-hydrogen) atoms. The van der Waals surface area contributed by atoms with Crippen LogP contribution in [0.2, 0.25) is 0 Å². The Labute approximate surface area is 115 Å². The van der Waals surface area contributed by atoms with Gasteiger partial charge in [0.1, 0.15) is 0 Å². The molecule has 0 aliphatic carbocycles. The Morgan fingerprint density at radius 3 is 2.37 bits per heavy atom. The SMILES string of the molecule is CC(C(=O)O)C(C)C(=O)NCC1CCN(C(C)C)C1. The third kappa shape index (κ3) is 4.49. The number of rotatable bonds is 6. The molecular formula is C14H26N2O3. The van der Waals surface area contributed by atoms with Crippen molar-refractivity contribution in [2.24, 2.45) is 17.8 Å². The van der Waals surface area contributed by atoms with Crippen molar-refractivity contribution < 1.29 is 14.7 Å². The summed E-state index contributed by atoms with van der Waals surface area (Å²) in [6, 6.07) is 0.548. The van der Waals surface area contributed by atoms with Gasteiger partial charge in [-0.2, -0.15) is 0 Å². The Morgan fingerprint density at radius 2 is 1.89 bits per heavy atom. The number of likely N-dealkylation sites (tertiary alicyclic amines) is 1. The summed E-state index contributed by atoms with van der Waals surface area (Å²) in [5.74, 6) is -1.72. The fourth-order valence-electron chi connectivity index (χ4n) is 2.35.